The van der Waals surface area contributed by atoms with Crippen LogP contribution in [0.3, 0.4) is 0 Å². The first-order valence-electron chi connectivity index (χ1n) is 23.3. The molecule has 6 heteroatoms. The molecule has 0 fully saturated rings. The highest BCUT2D eigenvalue weighted by Crippen LogP contribution is 2.12. The topological polar surface area (TPSA) is 78.9 Å². The fourth-order valence-corrected chi connectivity index (χ4v) is 5.95. The van der Waals surface area contributed by atoms with Gasteiger partial charge in [0.05, 0.1) is 0 Å². The van der Waals surface area contributed by atoms with Crippen LogP contribution >= 0.6 is 0 Å². The van der Waals surface area contributed by atoms with Crippen LogP contribution in [0.2, 0.25) is 0 Å². The fourth-order valence-electron chi connectivity index (χ4n) is 5.95. The third kappa shape index (κ3) is 43.5. The largest absolute Gasteiger partial charge is 0.462 e. The number of unbranched alkanes of at least 4 members (excludes halogenated alkanes) is 17. The SMILES string of the molecule is CC\C=C/C=C\C=C/C=C\CCCCCC(=O)OC(COC(=O)CCCC/C=C\C/C=C\CC)COC(=O)CCCCCCC/C=C\C=C/CCCCCCCCC. The molecular weight excluding hydrogens is 721 g/mol. The maximum Gasteiger partial charge on any atom is 0.306 e. The van der Waals surface area contributed by atoms with Gasteiger partial charge < -0.3 is 14.2 Å². The second kappa shape index (κ2) is 46.0. The summed E-state index contributed by atoms with van der Waals surface area (Å²) in [4.78, 5) is 37.7. The molecule has 0 amide bonds. The van der Waals surface area contributed by atoms with E-state index in [0.29, 0.717) is 19.3 Å². The maximum atomic E-state index is 12.7. The Kier molecular flexibility index (Phi) is 43.1. The average molecular weight is 805 g/mol. The Morgan fingerprint density at radius 3 is 1.31 bits per heavy atom. The molecule has 0 radical (unpaired) electrons. The Labute approximate surface area is 356 Å². The van der Waals surface area contributed by atoms with Gasteiger partial charge in [-0.3, -0.25) is 14.4 Å². The van der Waals surface area contributed by atoms with Gasteiger partial charge in [-0.2, -0.15) is 0 Å². The molecule has 0 saturated carbocycles. The monoisotopic (exact) mass is 805 g/mol. The lowest BCUT2D eigenvalue weighted by atomic mass is 10.1. The van der Waals surface area contributed by atoms with Crippen molar-refractivity contribution in [1.82, 2.24) is 0 Å². The van der Waals surface area contributed by atoms with E-state index in [4.69, 9.17) is 14.2 Å². The van der Waals surface area contributed by atoms with Gasteiger partial charge in [0, 0.05) is 19.3 Å². The zero-order valence-corrected chi connectivity index (χ0v) is 37.3. The van der Waals surface area contributed by atoms with Crippen molar-refractivity contribution in [2.45, 2.75) is 200 Å². The standard InChI is InChI=1S/C52H84O6/c1-4-7-10-13-16-19-21-23-24-25-26-27-29-30-33-36-39-42-45-51(54)57-48-49(47-56-50(53)44-41-38-35-32-18-15-12-9-6-3)58-52(55)46-43-40-37-34-31-28-22-20-17-14-11-8-5-2/h8-9,11-12,14,17-18,20,22,24-28,31-32,49H,4-7,10,13,15-16,19,21,23,29-30,33-48H2,1-3H3/b11-8-,12-9-,17-14-,22-20-,25-24-,27-26-,31-28-,32-18-. The van der Waals surface area contributed by atoms with E-state index < -0.39 is 6.10 Å². The highest BCUT2D eigenvalue weighted by Gasteiger charge is 2.19. The number of allylic oxidation sites excluding steroid dienone is 16. The number of hydrogen-bond acceptors (Lipinski definition) is 6. The number of rotatable bonds is 40. The summed E-state index contributed by atoms with van der Waals surface area (Å²) >= 11 is 0. The molecule has 0 rings (SSSR count). The molecule has 1 unspecified atom stereocenters. The molecule has 0 aromatic carbocycles. The normalized spacial score (nSPS) is 12.9. The van der Waals surface area contributed by atoms with Gasteiger partial charge in [0.15, 0.2) is 6.10 Å². The predicted octanol–water partition coefficient (Wildman–Crippen LogP) is 15.0. The third-order valence-corrected chi connectivity index (χ3v) is 9.43. The van der Waals surface area contributed by atoms with E-state index in [9.17, 15) is 14.4 Å². The van der Waals surface area contributed by atoms with Gasteiger partial charge in [-0.05, 0) is 89.9 Å². The number of esters is 3. The van der Waals surface area contributed by atoms with Crippen molar-refractivity contribution in [3.05, 3.63) is 97.2 Å². The molecule has 1 atom stereocenters. The first kappa shape index (κ1) is 54.3. The number of carbonyl (C=O) groups is 3. The van der Waals surface area contributed by atoms with E-state index in [1.165, 1.54) is 51.4 Å². The van der Waals surface area contributed by atoms with E-state index in [-0.39, 0.29) is 37.5 Å². The summed E-state index contributed by atoms with van der Waals surface area (Å²) in [6.07, 6.45) is 59.8. The van der Waals surface area contributed by atoms with Crippen LogP contribution in [0.4, 0.5) is 0 Å². The van der Waals surface area contributed by atoms with E-state index in [1.54, 1.807) is 0 Å². The molecule has 6 nitrogen and oxygen atoms in total. The van der Waals surface area contributed by atoms with Crippen LogP contribution in [0.25, 0.3) is 0 Å². The van der Waals surface area contributed by atoms with Crippen LogP contribution < -0.4 is 0 Å². The minimum absolute atomic E-state index is 0.114. The summed E-state index contributed by atoms with van der Waals surface area (Å²) < 4.78 is 16.6. The van der Waals surface area contributed by atoms with Gasteiger partial charge >= 0.3 is 17.9 Å². The van der Waals surface area contributed by atoms with Crippen molar-refractivity contribution in [3.63, 3.8) is 0 Å². The van der Waals surface area contributed by atoms with Crippen LogP contribution in [0.5, 0.6) is 0 Å². The first-order chi connectivity index (χ1) is 28.5. The maximum absolute atomic E-state index is 12.7. The Balaban J connectivity index is 4.45. The molecule has 0 aliphatic carbocycles. The van der Waals surface area contributed by atoms with E-state index in [0.717, 1.165) is 96.3 Å². The summed E-state index contributed by atoms with van der Waals surface area (Å²) in [6.45, 7) is 6.26. The quantitative estimate of drug-likeness (QED) is 0.0202. The minimum atomic E-state index is -0.816. The van der Waals surface area contributed by atoms with E-state index in [2.05, 4.69) is 81.5 Å². The average Bonchev–Trinajstić information content (AvgIpc) is 3.22. The molecule has 58 heavy (non-hydrogen) atoms. The molecule has 0 saturated heterocycles. The van der Waals surface area contributed by atoms with Crippen molar-refractivity contribution in [1.29, 1.82) is 0 Å². The number of hydrogen-bond donors (Lipinski definition) is 0. The van der Waals surface area contributed by atoms with Gasteiger partial charge in [0.25, 0.3) is 0 Å². The highest BCUT2D eigenvalue weighted by atomic mass is 16.6. The molecular formula is C52H84O6. The second-order valence-electron chi connectivity index (χ2n) is 15.0. The third-order valence-electron chi connectivity index (χ3n) is 9.43. The zero-order valence-electron chi connectivity index (χ0n) is 37.3. The van der Waals surface area contributed by atoms with Crippen molar-refractivity contribution in [3.8, 4) is 0 Å². The lowest BCUT2D eigenvalue weighted by Crippen LogP contribution is -2.30. The van der Waals surface area contributed by atoms with Crippen LogP contribution in [0.1, 0.15) is 194 Å². The van der Waals surface area contributed by atoms with Crippen molar-refractivity contribution in [2.75, 3.05) is 13.2 Å². The second-order valence-corrected chi connectivity index (χ2v) is 15.0. The van der Waals surface area contributed by atoms with Crippen LogP contribution in [0.15, 0.2) is 97.2 Å². The number of carbonyl (C=O) groups excluding carboxylic acids is 3. The van der Waals surface area contributed by atoms with E-state index >= 15 is 0 Å². The summed E-state index contributed by atoms with van der Waals surface area (Å²) in [5, 5.41) is 0. The fraction of sp³-hybridized carbons (Fsp3) is 0.635. The smallest absolute Gasteiger partial charge is 0.306 e. The van der Waals surface area contributed by atoms with Gasteiger partial charge in [-0.15, -0.1) is 0 Å². The van der Waals surface area contributed by atoms with Gasteiger partial charge in [-0.1, -0.05) is 182 Å². The summed E-state index contributed by atoms with van der Waals surface area (Å²) in [5.74, 6) is -1.02. The van der Waals surface area contributed by atoms with Gasteiger partial charge in [-0.25, -0.2) is 0 Å². The molecule has 0 aliphatic heterocycles. The Bertz CT molecular complexity index is 1200. The predicted molar refractivity (Wildman–Crippen MR) is 247 cm³/mol. The molecule has 0 bridgehead atoms. The van der Waals surface area contributed by atoms with Crippen molar-refractivity contribution in [2.24, 2.45) is 0 Å². The van der Waals surface area contributed by atoms with Crippen LogP contribution in [-0.2, 0) is 28.6 Å². The van der Waals surface area contributed by atoms with Gasteiger partial charge in [0.1, 0.15) is 13.2 Å². The highest BCUT2D eigenvalue weighted by molar-refractivity contribution is 5.71. The minimum Gasteiger partial charge on any atom is -0.462 e. The van der Waals surface area contributed by atoms with Crippen molar-refractivity contribution < 1.29 is 28.6 Å². The Hall–Kier alpha value is -3.67. The lowest BCUT2D eigenvalue weighted by Gasteiger charge is -2.18. The zero-order chi connectivity index (χ0) is 42.3. The summed E-state index contributed by atoms with van der Waals surface area (Å²) in [6, 6.07) is 0. The molecule has 0 aromatic heterocycles. The van der Waals surface area contributed by atoms with Gasteiger partial charge in [0.2, 0.25) is 0 Å². The van der Waals surface area contributed by atoms with Crippen molar-refractivity contribution >= 4 is 17.9 Å². The lowest BCUT2D eigenvalue weighted by molar-refractivity contribution is -0.167. The summed E-state index contributed by atoms with van der Waals surface area (Å²) in [5.41, 5.74) is 0. The first-order valence-corrected chi connectivity index (χ1v) is 23.3. The Morgan fingerprint density at radius 2 is 0.759 bits per heavy atom. The van der Waals surface area contributed by atoms with Crippen LogP contribution in [0, 0.1) is 0 Å². The van der Waals surface area contributed by atoms with E-state index in [1.807, 2.05) is 36.5 Å². The Morgan fingerprint density at radius 1 is 0.379 bits per heavy atom. The molecule has 0 N–H and O–H groups in total. The molecule has 0 heterocycles. The van der Waals surface area contributed by atoms with Crippen LogP contribution in [-0.4, -0.2) is 37.2 Å². The molecule has 0 aromatic rings. The molecule has 0 spiro atoms. The molecule has 0 aliphatic rings. The molecule has 328 valence electrons. The number of ether oxygens (including phenoxy) is 3. The summed E-state index contributed by atoms with van der Waals surface area (Å²) in [7, 11) is 0.